The van der Waals surface area contributed by atoms with E-state index < -0.39 is 24.2 Å². The zero-order chi connectivity index (χ0) is 31.0. The highest BCUT2D eigenvalue weighted by Crippen LogP contribution is 2.36. The molecule has 14 heteroatoms. The van der Waals surface area contributed by atoms with E-state index in [9.17, 15) is 27.8 Å². The number of rotatable bonds is 9. The van der Waals surface area contributed by atoms with Crippen LogP contribution in [0, 0.1) is 5.82 Å². The Labute approximate surface area is 249 Å². The SMILES string of the molecule is CC(CCO)Nc1nc(-c2cc(F)c(O)cc2CC(F)(F)F)nc2n[nH]c(-c3nc4c([nH]3)CN(Cc3ccccc3)CC4)c12. The van der Waals surface area contributed by atoms with Crippen molar-refractivity contribution < 1.29 is 27.8 Å². The number of phenolic OH excluding ortho intramolecular Hbond substituents is 1. The summed E-state index contributed by atoms with van der Waals surface area (Å²) < 4.78 is 54.6. The van der Waals surface area contributed by atoms with Crippen LogP contribution in [0.3, 0.4) is 0 Å². The van der Waals surface area contributed by atoms with Crippen LogP contribution in [0.4, 0.5) is 23.4 Å². The zero-order valence-corrected chi connectivity index (χ0v) is 23.7. The first-order valence-corrected chi connectivity index (χ1v) is 14.1. The average Bonchev–Trinajstić information content (AvgIpc) is 3.59. The summed E-state index contributed by atoms with van der Waals surface area (Å²) in [6.45, 7) is 3.99. The van der Waals surface area contributed by atoms with Gasteiger partial charge in [-0.15, -0.1) is 0 Å². The number of nitrogens with one attached hydrogen (secondary N) is 3. The molecule has 0 bridgehead atoms. The maximum Gasteiger partial charge on any atom is 0.393 e. The van der Waals surface area contributed by atoms with Crippen LogP contribution in [-0.2, 0) is 25.9 Å². The molecule has 4 heterocycles. The molecule has 1 unspecified atom stereocenters. The van der Waals surface area contributed by atoms with Gasteiger partial charge in [0.1, 0.15) is 11.5 Å². The van der Waals surface area contributed by atoms with Gasteiger partial charge in [0.15, 0.2) is 28.9 Å². The van der Waals surface area contributed by atoms with Gasteiger partial charge in [-0.05, 0) is 36.6 Å². The fraction of sp³-hybridized carbons (Fsp3) is 0.333. The highest BCUT2D eigenvalue weighted by Gasteiger charge is 2.31. The third-order valence-electron chi connectivity index (χ3n) is 7.56. The molecule has 1 aliphatic heterocycles. The normalized spacial score (nSPS) is 14.6. The lowest BCUT2D eigenvalue weighted by Crippen LogP contribution is -2.30. The summed E-state index contributed by atoms with van der Waals surface area (Å²) >= 11 is 0. The van der Waals surface area contributed by atoms with E-state index in [0.29, 0.717) is 29.9 Å². The summed E-state index contributed by atoms with van der Waals surface area (Å²) in [6, 6.07) is 11.4. The molecule has 0 radical (unpaired) electrons. The summed E-state index contributed by atoms with van der Waals surface area (Å²) in [5.74, 6) is -1.50. The summed E-state index contributed by atoms with van der Waals surface area (Å²) in [5.41, 5.74) is 3.07. The number of aliphatic hydroxyl groups is 1. The van der Waals surface area contributed by atoms with E-state index in [1.807, 2.05) is 25.1 Å². The maximum atomic E-state index is 14.4. The fourth-order valence-electron chi connectivity index (χ4n) is 5.44. The van der Waals surface area contributed by atoms with Crippen LogP contribution in [0.5, 0.6) is 5.75 Å². The summed E-state index contributed by atoms with van der Waals surface area (Å²) in [6.07, 6.45) is -4.97. The highest BCUT2D eigenvalue weighted by molar-refractivity contribution is 5.98. The first-order chi connectivity index (χ1) is 21.1. The first kappa shape index (κ1) is 29.5. The molecular formula is C30H30F4N8O2. The molecule has 1 atom stereocenters. The van der Waals surface area contributed by atoms with Crippen LogP contribution in [0.1, 0.15) is 35.9 Å². The predicted molar refractivity (Wildman–Crippen MR) is 155 cm³/mol. The van der Waals surface area contributed by atoms with Crippen molar-refractivity contribution in [2.45, 2.75) is 51.5 Å². The Balaban J connectivity index is 1.40. The molecule has 1 aliphatic rings. The summed E-state index contributed by atoms with van der Waals surface area (Å²) in [4.78, 5) is 19.5. The van der Waals surface area contributed by atoms with Crippen LogP contribution < -0.4 is 5.32 Å². The van der Waals surface area contributed by atoms with Gasteiger partial charge in [-0.2, -0.15) is 18.3 Å². The Morgan fingerprint density at radius 1 is 1.11 bits per heavy atom. The van der Waals surface area contributed by atoms with E-state index in [2.05, 4.69) is 47.5 Å². The van der Waals surface area contributed by atoms with Crippen LogP contribution in [0.2, 0.25) is 0 Å². The van der Waals surface area contributed by atoms with Crippen LogP contribution in [0.25, 0.3) is 33.9 Å². The molecule has 0 saturated heterocycles. The fourth-order valence-corrected chi connectivity index (χ4v) is 5.44. The minimum atomic E-state index is -4.63. The molecule has 0 amide bonds. The second-order valence-corrected chi connectivity index (χ2v) is 11.0. The monoisotopic (exact) mass is 610 g/mol. The number of aromatic amines is 2. The zero-order valence-electron chi connectivity index (χ0n) is 23.7. The number of anilines is 1. The van der Waals surface area contributed by atoms with E-state index in [1.165, 1.54) is 5.56 Å². The number of aromatic hydroxyl groups is 1. The van der Waals surface area contributed by atoms with E-state index in [-0.39, 0.29) is 41.1 Å². The van der Waals surface area contributed by atoms with Crippen molar-refractivity contribution in [3.63, 3.8) is 0 Å². The predicted octanol–water partition coefficient (Wildman–Crippen LogP) is 5.10. The molecule has 2 aromatic carbocycles. The van der Waals surface area contributed by atoms with E-state index in [0.717, 1.165) is 43.0 Å². The van der Waals surface area contributed by atoms with Gasteiger partial charge in [-0.1, -0.05) is 30.3 Å². The second-order valence-electron chi connectivity index (χ2n) is 11.0. The lowest BCUT2D eigenvalue weighted by Gasteiger charge is -2.25. The number of hydrogen-bond acceptors (Lipinski definition) is 8. The second kappa shape index (κ2) is 11.8. The van der Waals surface area contributed by atoms with Gasteiger partial charge in [-0.3, -0.25) is 10.00 Å². The Bertz CT molecular complexity index is 1790. The highest BCUT2D eigenvalue weighted by atomic mass is 19.4. The van der Waals surface area contributed by atoms with E-state index in [1.54, 1.807) is 0 Å². The Kier molecular flexibility index (Phi) is 7.95. The number of aromatic nitrogens is 6. The molecule has 0 fully saturated rings. The van der Waals surface area contributed by atoms with Gasteiger partial charge in [0.2, 0.25) is 0 Å². The van der Waals surface area contributed by atoms with Crippen molar-refractivity contribution in [2.24, 2.45) is 0 Å². The molecule has 0 aliphatic carbocycles. The molecule has 230 valence electrons. The molecule has 10 nitrogen and oxygen atoms in total. The first-order valence-electron chi connectivity index (χ1n) is 14.1. The summed E-state index contributed by atoms with van der Waals surface area (Å²) in [7, 11) is 0. The molecule has 6 rings (SSSR count). The maximum absolute atomic E-state index is 14.4. The number of hydrogen-bond donors (Lipinski definition) is 5. The van der Waals surface area contributed by atoms with Crippen LogP contribution in [-0.4, -0.2) is 70.6 Å². The number of nitrogens with zero attached hydrogens (tertiary/aromatic N) is 5. The van der Waals surface area contributed by atoms with Crippen LogP contribution >= 0.6 is 0 Å². The molecular weight excluding hydrogens is 580 g/mol. The van der Waals surface area contributed by atoms with Gasteiger partial charge in [0.05, 0.1) is 23.2 Å². The Hall–Kier alpha value is -4.56. The minimum Gasteiger partial charge on any atom is -0.505 e. The number of imidazole rings is 1. The van der Waals surface area contributed by atoms with Crippen molar-refractivity contribution >= 4 is 16.9 Å². The van der Waals surface area contributed by atoms with Crippen molar-refractivity contribution in [2.75, 3.05) is 18.5 Å². The van der Waals surface area contributed by atoms with Gasteiger partial charge in [0, 0.05) is 44.3 Å². The topological polar surface area (TPSA) is 139 Å². The standard InChI is InChI=1S/C30H30F4N8O2/c1-16(8-10-43)35-27-24-25(29-36-21-7-9-42(15-22(21)37-29)14-17-5-3-2-4-6-17)40-41-28(24)39-26(38-27)19-12-20(31)23(44)11-18(19)13-30(32,33)34/h2-6,11-12,16,43-44H,7-10,13-15H2,1H3,(H,36,37)(H2,35,38,39,40,41). The molecule has 0 spiro atoms. The van der Waals surface area contributed by atoms with Gasteiger partial charge in [0.25, 0.3) is 0 Å². The molecule has 5 N–H and O–H groups in total. The van der Waals surface area contributed by atoms with E-state index >= 15 is 0 Å². The van der Waals surface area contributed by atoms with Crippen molar-refractivity contribution in [1.82, 2.24) is 35.0 Å². The van der Waals surface area contributed by atoms with Crippen molar-refractivity contribution in [1.29, 1.82) is 0 Å². The summed E-state index contributed by atoms with van der Waals surface area (Å²) in [5, 5.41) is 30.2. The van der Waals surface area contributed by atoms with Crippen molar-refractivity contribution in [3.05, 3.63) is 70.8 Å². The third-order valence-corrected chi connectivity index (χ3v) is 7.56. The lowest BCUT2D eigenvalue weighted by molar-refractivity contribution is -0.127. The number of halogens is 4. The van der Waals surface area contributed by atoms with E-state index in [4.69, 9.17) is 4.98 Å². The number of phenols is 1. The van der Waals surface area contributed by atoms with Gasteiger partial charge in [-0.25, -0.2) is 19.3 Å². The van der Waals surface area contributed by atoms with Gasteiger partial charge >= 0.3 is 6.18 Å². The largest absolute Gasteiger partial charge is 0.505 e. The number of fused-ring (bicyclic) bond motifs is 2. The number of aliphatic hydroxyl groups excluding tert-OH is 1. The molecule has 3 aromatic heterocycles. The number of alkyl halides is 3. The number of H-pyrrole nitrogens is 2. The van der Waals surface area contributed by atoms with Crippen molar-refractivity contribution in [3.8, 4) is 28.7 Å². The molecule has 5 aromatic rings. The minimum absolute atomic E-state index is 0.114. The third kappa shape index (κ3) is 6.21. The number of benzene rings is 2. The average molecular weight is 611 g/mol. The molecule has 44 heavy (non-hydrogen) atoms. The Morgan fingerprint density at radius 3 is 2.66 bits per heavy atom. The van der Waals surface area contributed by atoms with Crippen LogP contribution in [0.15, 0.2) is 42.5 Å². The van der Waals surface area contributed by atoms with Gasteiger partial charge < -0.3 is 20.5 Å². The lowest BCUT2D eigenvalue weighted by atomic mass is 10.0. The molecule has 0 saturated carbocycles. The smallest absolute Gasteiger partial charge is 0.393 e. The quantitative estimate of drug-likeness (QED) is 0.145. The Morgan fingerprint density at radius 2 is 1.91 bits per heavy atom.